The normalized spacial score (nSPS) is 11.2. The molecule has 28 heavy (non-hydrogen) atoms. The minimum absolute atomic E-state index is 0.0634. The van der Waals surface area contributed by atoms with E-state index in [-0.39, 0.29) is 17.3 Å². The predicted octanol–water partition coefficient (Wildman–Crippen LogP) is 3.40. The van der Waals surface area contributed by atoms with Gasteiger partial charge in [0, 0.05) is 18.7 Å². The first-order valence-electron chi connectivity index (χ1n) is 8.92. The zero-order chi connectivity index (χ0) is 20.0. The van der Waals surface area contributed by atoms with Gasteiger partial charge in [-0.3, -0.25) is 4.79 Å². The first-order valence-corrected chi connectivity index (χ1v) is 10.4. The second-order valence-electron chi connectivity index (χ2n) is 6.45. The third kappa shape index (κ3) is 5.06. The Balaban J connectivity index is 1.69. The lowest BCUT2D eigenvalue weighted by Gasteiger charge is -2.10. The summed E-state index contributed by atoms with van der Waals surface area (Å²) < 4.78 is 27.9. The van der Waals surface area contributed by atoms with E-state index in [2.05, 4.69) is 10.0 Å². The number of benzene rings is 3. The number of amides is 1. The molecule has 0 aliphatic heterocycles. The molecule has 0 fully saturated rings. The van der Waals surface area contributed by atoms with Crippen molar-refractivity contribution in [3.05, 3.63) is 101 Å². The van der Waals surface area contributed by atoms with Crippen LogP contribution in [-0.2, 0) is 23.1 Å². The number of aryl methyl sites for hydroxylation is 1. The van der Waals surface area contributed by atoms with E-state index in [0.717, 1.165) is 16.7 Å². The van der Waals surface area contributed by atoms with Crippen LogP contribution in [0.5, 0.6) is 0 Å². The van der Waals surface area contributed by atoms with E-state index in [4.69, 9.17) is 0 Å². The molecular weight excluding hydrogens is 372 g/mol. The Morgan fingerprint density at radius 1 is 0.857 bits per heavy atom. The molecule has 0 saturated heterocycles. The fourth-order valence-corrected chi connectivity index (χ4v) is 3.80. The Kier molecular flexibility index (Phi) is 6.23. The molecule has 6 heteroatoms. The van der Waals surface area contributed by atoms with Crippen molar-refractivity contribution in [1.29, 1.82) is 0 Å². The monoisotopic (exact) mass is 394 g/mol. The highest BCUT2D eigenvalue weighted by Crippen LogP contribution is 2.14. The number of carbonyl (C=O) groups is 1. The maximum Gasteiger partial charge on any atom is 0.251 e. The van der Waals surface area contributed by atoms with Crippen molar-refractivity contribution < 1.29 is 13.2 Å². The lowest BCUT2D eigenvalue weighted by Crippen LogP contribution is -2.25. The van der Waals surface area contributed by atoms with Crippen molar-refractivity contribution >= 4 is 15.9 Å². The molecular formula is C22H22N2O3S. The molecule has 3 rings (SSSR count). The second-order valence-corrected chi connectivity index (χ2v) is 8.21. The Morgan fingerprint density at radius 2 is 1.57 bits per heavy atom. The van der Waals surface area contributed by atoms with Gasteiger partial charge in [0.15, 0.2) is 0 Å². The number of carbonyl (C=O) groups excluding carboxylic acids is 1. The average molecular weight is 394 g/mol. The van der Waals surface area contributed by atoms with Gasteiger partial charge in [-0.1, -0.05) is 60.7 Å². The first-order chi connectivity index (χ1) is 13.5. The van der Waals surface area contributed by atoms with Crippen LogP contribution in [0.1, 0.15) is 27.0 Å². The van der Waals surface area contributed by atoms with E-state index in [9.17, 15) is 13.2 Å². The van der Waals surface area contributed by atoms with Gasteiger partial charge in [0.05, 0.1) is 4.90 Å². The summed E-state index contributed by atoms with van der Waals surface area (Å²) >= 11 is 0. The molecule has 0 bridgehead atoms. The van der Waals surface area contributed by atoms with Crippen LogP contribution in [0.3, 0.4) is 0 Å². The molecule has 0 unspecified atom stereocenters. The van der Waals surface area contributed by atoms with Crippen LogP contribution < -0.4 is 10.0 Å². The molecule has 0 heterocycles. The summed E-state index contributed by atoms with van der Waals surface area (Å²) in [6.07, 6.45) is 0. The molecule has 5 nitrogen and oxygen atoms in total. The molecule has 3 aromatic rings. The topological polar surface area (TPSA) is 75.3 Å². The van der Waals surface area contributed by atoms with Gasteiger partial charge in [0.1, 0.15) is 0 Å². The molecule has 3 aromatic carbocycles. The summed E-state index contributed by atoms with van der Waals surface area (Å²) in [5.41, 5.74) is 3.19. The van der Waals surface area contributed by atoms with Crippen LogP contribution in [0, 0.1) is 6.92 Å². The van der Waals surface area contributed by atoms with E-state index in [1.54, 1.807) is 12.1 Å². The van der Waals surface area contributed by atoms with Crippen molar-refractivity contribution in [1.82, 2.24) is 10.0 Å². The third-order valence-electron chi connectivity index (χ3n) is 4.42. The molecule has 2 N–H and O–H groups in total. The second kappa shape index (κ2) is 8.82. The molecule has 0 atom stereocenters. The summed E-state index contributed by atoms with van der Waals surface area (Å²) in [6.45, 7) is 2.50. The Morgan fingerprint density at radius 3 is 2.32 bits per heavy atom. The van der Waals surface area contributed by atoms with Gasteiger partial charge in [0.2, 0.25) is 10.0 Å². The van der Waals surface area contributed by atoms with Crippen LogP contribution in [0.4, 0.5) is 0 Å². The van der Waals surface area contributed by atoms with E-state index in [1.807, 2.05) is 61.5 Å². The van der Waals surface area contributed by atoms with Crippen molar-refractivity contribution in [3.63, 3.8) is 0 Å². The highest BCUT2D eigenvalue weighted by Gasteiger charge is 2.16. The van der Waals surface area contributed by atoms with Crippen LogP contribution >= 0.6 is 0 Å². The Bertz CT molecular complexity index is 1060. The predicted molar refractivity (Wildman–Crippen MR) is 109 cm³/mol. The minimum Gasteiger partial charge on any atom is -0.348 e. The summed E-state index contributed by atoms with van der Waals surface area (Å²) in [7, 11) is -3.73. The van der Waals surface area contributed by atoms with Crippen molar-refractivity contribution in [2.75, 3.05) is 0 Å². The highest BCUT2D eigenvalue weighted by molar-refractivity contribution is 7.89. The molecule has 0 spiro atoms. The van der Waals surface area contributed by atoms with E-state index < -0.39 is 10.0 Å². The van der Waals surface area contributed by atoms with E-state index in [0.29, 0.717) is 12.1 Å². The lowest BCUT2D eigenvalue weighted by molar-refractivity contribution is 0.0950. The van der Waals surface area contributed by atoms with E-state index >= 15 is 0 Å². The third-order valence-corrected chi connectivity index (χ3v) is 5.82. The van der Waals surface area contributed by atoms with Gasteiger partial charge in [-0.2, -0.15) is 0 Å². The smallest absolute Gasteiger partial charge is 0.251 e. The molecule has 0 aromatic heterocycles. The lowest BCUT2D eigenvalue weighted by atomic mass is 10.1. The van der Waals surface area contributed by atoms with Gasteiger partial charge in [0.25, 0.3) is 5.91 Å². The van der Waals surface area contributed by atoms with Crippen molar-refractivity contribution in [3.8, 4) is 0 Å². The van der Waals surface area contributed by atoms with Crippen LogP contribution in [-0.4, -0.2) is 14.3 Å². The van der Waals surface area contributed by atoms with Crippen LogP contribution in [0.15, 0.2) is 83.8 Å². The zero-order valence-electron chi connectivity index (χ0n) is 15.6. The maximum absolute atomic E-state index is 12.6. The Labute approximate surface area is 165 Å². The molecule has 0 aliphatic rings. The van der Waals surface area contributed by atoms with Crippen LogP contribution in [0.25, 0.3) is 0 Å². The van der Waals surface area contributed by atoms with Crippen molar-refractivity contribution in [2.24, 2.45) is 0 Å². The molecule has 0 saturated carbocycles. The number of rotatable bonds is 7. The molecule has 1 amide bonds. The molecule has 0 aliphatic carbocycles. The first kappa shape index (κ1) is 19.8. The average Bonchev–Trinajstić information content (AvgIpc) is 2.72. The zero-order valence-corrected chi connectivity index (χ0v) is 16.4. The fraction of sp³-hybridized carbons (Fsp3) is 0.136. The van der Waals surface area contributed by atoms with E-state index in [1.165, 1.54) is 12.1 Å². The largest absolute Gasteiger partial charge is 0.348 e. The van der Waals surface area contributed by atoms with Crippen LogP contribution in [0.2, 0.25) is 0 Å². The summed E-state index contributed by atoms with van der Waals surface area (Å²) in [5, 5.41) is 2.81. The van der Waals surface area contributed by atoms with Gasteiger partial charge < -0.3 is 5.32 Å². The maximum atomic E-state index is 12.6. The summed E-state index contributed by atoms with van der Waals surface area (Å²) in [4.78, 5) is 12.5. The number of sulfonamides is 1. The van der Waals surface area contributed by atoms with Gasteiger partial charge in [-0.05, 0) is 41.8 Å². The standard InChI is InChI=1S/C22H22N2O3S/c1-17-8-5-6-11-20(17)16-24-28(26,27)21-13-7-12-19(14-21)22(25)23-15-18-9-3-2-4-10-18/h2-14,24H,15-16H2,1H3,(H,23,25). The fourth-order valence-electron chi connectivity index (χ4n) is 2.75. The number of hydrogen-bond donors (Lipinski definition) is 2. The number of hydrogen-bond acceptors (Lipinski definition) is 3. The van der Waals surface area contributed by atoms with Gasteiger partial charge in [-0.15, -0.1) is 0 Å². The molecule has 0 radical (unpaired) electrons. The summed E-state index contributed by atoms with van der Waals surface area (Å²) in [6, 6.07) is 23.2. The quantitative estimate of drug-likeness (QED) is 0.645. The number of nitrogens with one attached hydrogen (secondary N) is 2. The van der Waals surface area contributed by atoms with Gasteiger partial charge in [-0.25, -0.2) is 13.1 Å². The van der Waals surface area contributed by atoms with Gasteiger partial charge >= 0.3 is 0 Å². The summed E-state index contributed by atoms with van der Waals surface area (Å²) in [5.74, 6) is -0.320. The SMILES string of the molecule is Cc1ccccc1CNS(=O)(=O)c1cccc(C(=O)NCc2ccccc2)c1. The van der Waals surface area contributed by atoms with Crippen molar-refractivity contribution in [2.45, 2.75) is 24.9 Å². The molecule has 144 valence electrons. The highest BCUT2D eigenvalue weighted by atomic mass is 32.2. The Hall–Kier alpha value is -2.96. The minimum atomic E-state index is -3.73.